The first-order valence-corrected chi connectivity index (χ1v) is 6.60. The molecule has 17 heavy (non-hydrogen) atoms. The van der Waals surface area contributed by atoms with Crippen LogP contribution in [0.5, 0.6) is 0 Å². The van der Waals surface area contributed by atoms with Gasteiger partial charge in [-0.15, -0.1) is 0 Å². The van der Waals surface area contributed by atoms with Gasteiger partial charge in [0.15, 0.2) is 0 Å². The third-order valence-corrected chi connectivity index (χ3v) is 4.03. The fourth-order valence-corrected chi connectivity index (χ4v) is 2.96. The summed E-state index contributed by atoms with van der Waals surface area (Å²) < 4.78 is 5.61. The van der Waals surface area contributed by atoms with Crippen molar-refractivity contribution in [1.29, 1.82) is 0 Å². The molecule has 0 amide bonds. The number of hydrogen-bond donors (Lipinski definition) is 0. The number of aromatic nitrogens is 2. The minimum absolute atomic E-state index is 0.387. The first-order valence-electron chi connectivity index (χ1n) is 6.22. The number of nitrogens with zero attached hydrogens (tertiary/aromatic N) is 3. The average molecular weight is 252 g/mol. The third kappa shape index (κ3) is 1.70. The molecule has 3 fully saturated rings. The molecule has 0 spiro atoms. The van der Waals surface area contributed by atoms with Crippen molar-refractivity contribution >= 4 is 17.4 Å². The van der Waals surface area contributed by atoms with Gasteiger partial charge in [-0.05, 0) is 19.3 Å². The number of hydrogen-bond acceptors (Lipinski definition) is 4. The minimum atomic E-state index is 0.387. The molecule has 0 N–H and O–H groups in total. The van der Waals surface area contributed by atoms with Crippen LogP contribution in [0.3, 0.4) is 0 Å². The first-order chi connectivity index (χ1) is 8.29. The largest absolute Gasteiger partial charge is 0.374 e. The summed E-state index contributed by atoms with van der Waals surface area (Å²) in [5, 5.41) is 0.570. The molecule has 2 saturated heterocycles. The van der Waals surface area contributed by atoms with Gasteiger partial charge in [0.25, 0.3) is 0 Å². The first kappa shape index (κ1) is 10.1. The number of ether oxygens (including phenoxy) is 1. The number of halogens is 1. The van der Waals surface area contributed by atoms with Crippen LogP contribution in [0.2, 0.25) is 5.15 Å². The molecular weight excluding hydrogens is 238 g/mol. The third-order valence-electron chi connectivity index (χ3n) is 3.84. The molecule has 3 aliphatic rings. The lowest BCUT2D eigenvalue weighted by Crippen LogP contribution is -2.37. The van der Waals surface area contributed by atoms with E-state index in [0.29, 0.717) is 23.2 Å². The van der Waals surface area contributed by atoms with Crippen LogP contribution in [-0.2, 0) is 4.74 Å². The molecule has 4 nitrogen and oxygen atoms in total. The van der Waals surface area contributed by atoms with E-state index >= 15 is 0 Å². The summed E-state index contributed by atoms with van der Waals surface area (Å²) in [6, 6.07) is 2.37. The fourth-order valence-electron chi connectivity index (χ4n) is 2.77. The van der Waals surface area contributed by atoms with E-state index in [1.807, 2.05) is 6.07 Å². The molecule has 90 valence electrons. The lowest BCUT2D eigenvalue weighted by molar-refractivity contribution is 0.0988. The molecule has 1 aromatic heterocycles. The second-order valence-corrected chi connectivity index (χ2v) is 5.57. The average Bonchev–Trinajstić information content (AvgIpc) is 2.97. The maximum Gasteiger partial charge on any atom is 0.135 e. The SMILES string of the molecule is Clc1cc(N2CC3CC2CO3)nc(C2CC2)n1. The van der Waals surface area contributed by atoms with Gasteiger partial charge in [-0.2, -0.15) is 0 Å². The van der Waals surface area contributed by atoms with Crippen molar-refractivity contribution in [2.75, 3.05) is 18.1 Å². The Morgan fingerprint density at radius 2 is 2.24 bits per heavy atom. The molecule has 2 bridgehead atoms. The lowest BCUT2D eigenvalue weighted by atomic mass is 10.2. The van der Waals surface area contributed by atoms with Crippen molar-refractivity contribution in [2.45, 2.75) is 37.3 Å². The molecule has 0 radical (unpaired) electrons. The van der Waals surface area contributed by atoms with Crippen LogP contribution in [0.15, 0.2) is 6.07 Å². The molecule has 1 aromatic rings. The number of rotatable bonds is 2. The van der Waals surface area contributed by atoms with Gasteiger partial charge in [-0.1, -0.05) is 11.6 Å². The highest BCUT2D eigenvalue weighted by molar-refractivity contribution is 6.29. The summed E-state index contributed by atoms with van der Waals surface area (Å²) in [5.41, 5.74) is 0. The molecule has 4 rings (SSSR count). The molecule has 5 heteroatoms. The highest BCUT2D eigenvalue weighted by Gasteiger charge is 2.40. The Labute approximate surface area is 105 Å². The fraction of sp³-hybridized carbons (Fsp3) is 0.667. The standard InChI is InChI=1S/C12H14ClN3O/c13-10-4-11(15-12(14-10)7-1-2-7)16-5-9-3-8(16)6-17-9/h4,7-9H,1-3,5-6H2. The van der Waals surface area contributed by atoms with Gasteiger partial charge < -0.3 is 9.64 Å². The van der Waals surface area contributed by atoms with E-state index < -0.39 is 0 Å². The van der Waals surface area contributed by atoms with Crippen LogP contribution in [0.4, 0.5) is 5.82 Å². The van der Waals surface area contributed by atoms with Crippen LogP contribution >= 0.6 is 11.6 Å². The zero-order valence-corrected chi connectivity index (χ0v) is 10.2. The molecule has 3 heterocycles. The number of anilines is 1. The van der Waals surface area contributed by atoms with Crippen LogP contribution in [0.25, 0.3) is 0 Å². The summed E-state index contributed by atoms with van der Waals surface area (Å²) in [6.07, 6.45) is 3.92. The van der Waals surface area contributed by atoms with Gasteiger partial charge >= 0.3 is 0 Å². The van der Waals surface area contributed by atoms with Gasteiger partial charge in [0, 0.05) is 18.5 Å². The van der Waals surface area contributed by atoms with Crippen molar-refractivity contribution in [2.24, 2.45) is 0 Å². The molecule has 1 aliphatic carbocycles. The highest BCUT2D eigenvalue weighted by Crippen LogP contribution is 2.40. The Morgan fingerprint density at radius 3 is 2.88 bits per heavy atom. The zero-order valence-electron chi connectivity index (χ0n) is 9.47. The second-order valence-electron chi connectivity index (χ2n) is 5.18. The summed E-state index contributed by atoms with van der Waals surface area (Å²) in [6.45, 7) is 1.77. The lowest BCUT2D eigenvalue weighted by Gasteiger charge is -2.28. The van der Waals surface area contributed by atoms with E-state index in [1.54, 1.807) is 0 Å². The molecule has 2 atom stereocenters. The quantitative estimate of drug-likeness (QED) is 0.754. The van der Waals surface area contributed by atoms with Crippen LogP contribution in [-0.4, -0.2) is 35.3 Å². The van der Waals surface area contributed by atoms with E-state index in [-0.39, 0.29) is 0 Å². The molecule has 0 aromatic carbocycles. The molecule has 2 aliphatic heterocycles. The zero-order chi connectivity index (χ0) is 11.4. The molecular formula is C12H14ClN3O. The Bertz CT molecular complexity index is 463. The van der Waals surface area contributed by atoms with Gasteiger partial charge in [0.1, 0.15) is 16.8 Å². The van der Waals surface area contributed by atoms with Crippen molar-refractivity contribution in [3.05, 3.63) is 17.0 Å². The Kier molecular flexibility index (Phi) is 2.11. The van der Waals surface area contributed by atoms with Gasteiger partial charge in [0.2, 0.25) is 0 Å². The topological polar surface area (TPSA) is 38.2 Å². The van der Waals surface area contributed by atoms with E-state index in [2.05, 4.69) is 14.9 Å². The van der Waals surface area contributed by atoms with E-state index in [9.17, 15) is 0 Å². The monoisotopic (exact) mass is 251 g/mol. The summed E-state index contributed by atoms with van der Waals surface area (Å²) in [5.74, 6) is 2.46. The minimum Gasteiger partial charge on any atom is -0.374 e. The second kappa shape index (κ2) is 3.56. The number of fused-ring (bicyclic) bond motifs is 2. The smallest absolute Gasteiger partial charge is 0.135 e. The van der Waals surface area contributed by atoms with Gasteiger partial charge in [0.05, 0.1) is 18.8 Å². The van der Waals surface area contributed by atoms with Crippen LogP contribution in [0.1, 0.15) is 31.0 Å². The normalized spacial score (nSPS) is 31.2. The predicted molar refractivity (Wildman–Crippen MR) is 64.5 cm³/mol. The van der Waals surface area contributed by atoms with Crippen molar-refractivity contribution in [3.8, 4) is 0 Å². The van der Waals surface area contributed by atoms with Crippen LogP contribution < -0.4 is 4.90 Å². The van der Waals surface area contributed by atoms with E-state index in [0.717, 1.165) is 31.2 Å². The maximum atomic E-state index is 6.09. The summed E-state index contributed by atoms with van der Waals surface area (Å²) in [4.78, 5) is 11.3. The summed E-state index contributed by atoms with van der Waals surface area (Å²) in [7, 11) is 0. The molecule has 1 saturated carbocycles. The Morgan fingerprint density at radius 1 is 1.35 bits per heavy atom. The van der Waals surface area contributed by atoms with Crippen molar-refractivity contribution in [1.82, 2.24) is 9.97 Å². The van der Waals surface area contributed by atoms with Gasteiger partial charge in [-0.25, -0.2) is 9.97 Å². The summed E-state index contributed by atoms with van der Waals surface area (Å²) >= 11 is 6.09. The number of morpholine rings is 1. The maximum absolute atomic E-state index is 6.09. The Balaban J connectivity index is 1.68. The van der Waals surface area contributed by atoms with E-state index in [1.165, 1.54) is 12.8 Å². The van der Waals surface area contributed by atoms with Gasteiger partial charge in [-0.3, -0.25) is 0 Å². The highest BCUT2D eigenvalue weighted by atomic mass is 35.5. The molecule has 2 unspecified atom stereocenters. The van der Waals surface area contributed by atoms with Crippen molar-refractivity contribution < 1.29 is 4.74 Å². The van der Waals surface area contributed by atoms with E-state index in [4.69, 9.17) is 16.3 Å². The Hall–Kier alpha value is -0.870. The predicted octanol–water partition coefficient (Wildman–Crippen LogP) is 1.98. The van der Waals surface area contributed by atoms with Crippen LogP contribution in [0, 0.1) is 0 Å². The van der Waals surface area contributed by atoms with Crippen molar-refractivity contribution in [3.63, 3.8) is 0 Å².